The van der Waals surface area contributed by atoms with E-state index in [2.05, 4.69) is 15.0 Å². The number of imidazole rings is 1. The fourth-order valence-electron chi connectivity index (χ4n) is 3.39. The summed E-state index contributed by atoms with van der Waals surface area (Å²) < 4.78 is 8.22. The van der Waals surface area contributed by atoms with E-state index < -0.39 is 16.9 Å². The fraction of sp³-hybridized carbons (Fsp3) is 0.200. The Morgan fingerprint density at radius 1 is 1.38 bits per heavy atom. The van der Waals surface area contributed by atoms with Crippen LogP contribution in [-0.4, -0.2) is 47.4 Å². The standard InChI is InChI=1S/C20H15N5O5S2/c1-24-11(7-21-20(24)25(28)29)8-30-12-3-4-13-10(6-12)2-5-14-16(13)32-18(22-14)17-23-15(9-31-17)19(26)27/h2-7,15H,8-9H2,1H3,(H,26,27). The first-order valence-corrected chi connectivity index (χ1v) is 11.3. The van der Waals surface area contributed by atoms with Crippen LogP contribution in [0, 0.1) is 10.1 Å². The number of aliphatic carboxylic acids is 1. The van der Waals surface area contributed by atoms with Gasteiger partial charge in [-0.25, -0.2) is 14.3 Å². The van der Waals surface area contributed by atoms with Crippen molar-refractivity contribution in [1.82, 2.24) is 14.5 Å². The van der Waals surface area contributed by atoms with E-state index in [0.717, 1.165) is 26.0 Å². The molecular formula is C20H15N5O5S2. The van der Waals surface area contributed by atoms with Crippen LogP contribution in [0.2, 0.25) is 0 Å². The van der Waals surface area contributed by atoms with E-state index in [0.29, 0.717) is 22.2 Å². The minimum absolute atomic E-state index is 0.150. The van der Waals surface area contributed by atoms with Crippen LogP contribution in [0.3, 0.4) is 0 Å². The molecule has 0 bridgehead atoms. The van der Waals surface area contributed by atoms with Crippen molar-refractivity contribution in [3.8, 4) is 5.75 Å². The first-order chi connectivity index (χ1) is 15.4. The molecule has 12 heteroatoms. The summed E-state index contributed by atoms with van der Waals surface area (Å²) in [5, 5.41) is 23.5. The van der Waals surface area contributed by atoms with E-state index in [4.69, 9.17) is 9.84 Å². The summed E-state index contributed by atoms with van der Waals surface area (Å²) in [5.41, 5.74) is 1.42. The summed E-state index contributed by atoms with van der Waals surface area (Å²) in [6, 6.07) is 8.84. The van der Waals surface area contributed by atoms with Crippen LogP contribution in [-0.2, 0) is 18.4 Å². The van der Waals surface area contributed by atoms with Gasteiger partial charge in [0.1, 0.15) is 28.6 Å². The minimum Gasteiger partial charge on any atom is -0.486 e. The number of nitro groups is 1. The Morgan fingerprint density at radius 2 is 2.22 bits per heavy atom. The van der Waals surface area contributed by atoms with Gasteiger partial charge in [-0.2, -0.15) is 0 Å². The van der Waals surface area contributed by atoms with Crippen LogP contribution in [0.1, 0.15) is 10.7 Å². The number of benzene rings is 2. The van der Waals surface area contributed by atoms with Crippen molar-refractivity contribution >= 4 is 61.0 Å². The third-order valence-electron chi connectivity index (χ3n) is 5.07. The van der Waals surface area contributed by atoms with Gasteiger partial charge in [0, 0.05) is 11.1 Å². The predicted octanol–water partition coefficient (Wildman–Crippen LogP) is 3.62. The van der Waals surface area contributed by atoms with Gasteiger partial charge in [0.25, 0.3) is 0 Å². The van der Waals surface area contributed by atoms with Gasteiger partial charge in [-0.05, 0) is 34.6 Å². The molecule has 1 unspecified atom stereocenters. The zero-order valence-corrected chi connectivity index (χ0v) is 18.2. The van der Waals surface area contributed by atoms with Gasteiger partial charge in [0.05, 0.1) is 17.3 Å². The molecule has 1 N–H and O–H groups in total. The number of thioether (sulfide) groups is 1. The van der Waals surface area contributed by atoms with Crippen LogP contribution >= 0.6 is 23.1 Å². The normalized spacial score (nSPS) is 15.9. The lowest BCUT2D eigenvalue weighted by Crippen LogP contribution is -2.17. The van der Waals surface area contributed by atoms with Crippen molar-refractivity contribution in [2.45, 2.75) is 12.6 Å². The number of nitrogens with zero attached hydrogens (tertiary/aromatic N) is 5. The van der Waals surface area contributed by atoms with Gasteiger partial charge in [-0.1, -0.05) is 11.1 Å². The highest BCUT2D eigenvalue weighted by molar-refractivity contribution is 8.15. The largest absolute Gasteiger partial charge is 0.486 e. The number of hydrogen-bond acceptors (Lipinski definition) is 9. The number of aliphatic imine (C=N–C) groups is 1. The smallest absolute Gasteiger partial charge is 0.434 e. The van der Waals surface area contributed by atoms with Crippen LogP contribution in [0.15, 0.2) is 41.5 Å². The highest BCUT2D eigenvalue weighted by atomic mass is 32.2. The van der Waals surface area contributed by atoms with Crippen molar-refractivity contribution in [2.75, 3.05) is 5.75 Å². The highest BCUT2D eigenvalue weighted by Gasteiger charge is 2.27. The second-order valence-electron chi connectivity index (χ2n) is 7.07. The lowest BCUT2D eigenvalue weighted by Gasteiger charge is -2.07. The maximum atomic E-state index is 11.2. The van der Waals surface area contributed by atoms with E-state index in [1.807, 2.05) is 30.3 Å². The molecule has 1 aliphatic rings. The molecule has 5 rings (SSSR count). The minimum atomic E-state index is -0.924. The topological polar surface area (TPSA) is 133 Å². The Labute approximate surface area is 188 Å². The Bertz CT molecular complexity index is 1430. The molecule has 0 fully saturated rings. The van der Waals surface area contributed by atoms with Crippen molar-refractivity contribution in [2.24, 2.45) is 12.0 Å². The number of rotatable bonds is 6. The predicted molar refractivity (Wildman–Crippen MR) is 122 cm³/mol. The van der Waals surface area contributed by atoms with E-state index >= 15 is 0 Å². The average Bonchev–Trinajstić information content (AvgIpc) is 3.49. The maximum absolute atomic E-state index is 11.2. The van der Waals surface area contributed by atoms with Crippen LogP contribution in [0.4, 0.5) is 5.95 Å². The third-order valence-corrected chi connectivity index (χ3v) is 7.37. The number of hydrogen-bond donors (Lipinski definition) is 1. The van der Waals surface area contributed by atoms with Crippen LogP contribution < -0.4 is 4.74 Å². The Morgan fingerprint density at radius 3 is 2.94 bits per heavy atom. The van der Waals surface area contributed by atoms with Crippen LogP contribution in [0.25, 0.3) is 21.0 Å². The molecule has 0 amide bonds. The van der Waals surface area contributed by atoms with E-state index in [1.165, 1.54) is 33.9 Å². The van der Waals surface area contributed by atoms with Gasteiger partial charge >= 0.3 is 11.9 Å². The zero-order chi connectivity index (χ0) is 22.4. The number of carbonyl (C=O) groups is 1. The van der Waals surface area contributed by atoms with Gasteiger partial charge in [-0.15, -0.1) is 23.1 Å². The molecule has 1 aliphatic heterocycles. The molecule has 32 heavy (non-hydrogen) atoms. The number of carboxylic acids is 1. The van der Waals surface area contributed by atoms with Crippen LogP contribution in [0.5, 0.6) is 5.75 Å². The molecule has 0 saturated carbocycles. The highest BCUT2D eigenvalue weighted by Crippen LogP contribution is 2.35. The molecule has 10 nitrogen and oxygen atoms in total. The van der Waals surface area contributed by atoms with Crippen molar-refractivity contribution in [3.05, 3.63) is 57.3 Å². The van der Waals surface area contributed by atoms with E-state index in [1.54, 1.807) is 7.05 Å². The second kappa shape index (κ2) is 7.88. The summed E-state index contributed by atoms with van der Waals surface area (Å²) in [6.07, 6.45) is 1.43. The second-order valence-corrected chi connectivity index (χ2v) is 9.08. The summed E-state index contributed by atoms with van der Waals surface area (Å²) >= 11 is 2.90. The Kier molecular flexibility index (Phi) is 5.02. The first kappa shape index (κ1) is 20.4. The Hall–Kier alpha value is -3.51. The van der Waals surface area contributed by atoms with Gasteiger partial charge in [0.15, 0.2) is 11.7 Å². The third kappa shape index (κ3) is 3.56. The molecule has 0 saturated heterocycles. The number of ether oxygens (including phenoxy) is 1. The van der Waals surface area contributed by atoms with E-state index in [-0.39, 0.29) is 12.6 Å². The number of fused-ring (bicyclic) bond motifs is 3. The number of thiazole rings is 1. The first-order valence-electron chi connectivity index (χ1n) is 9.45. The van der Waals surface area contributed by atoms with Crippen molar-refractivity contribution in [3.63, 3.8) is 0 Å². The summed E-state index contributed by atoms with van der Waals surface area (Å²) in [5.74, 6) is -0.106. The van der Waals surface area contributed by atoms with Crippen molar-refractivity contribution < 1.29 is 19.6 Å². The van der Waals surface area contributed by atoms with Gasteiger partial charge < -0.3 is 20.0 Å². The maximum Gasteiger partial charge on any atom is 0.434 e. The molecular weight excluding hydrogens is 454 g/mol. The fourth-order valence-corrected chi connectivity index (χ4v) is 5.58. The lowest BCUT2D eigenvalue weighted by molar-refractivity contribution is -0.396. The molecule has 0 spiro atoms. The molecule has 2 aromatic carbocycles. The molecule has 4 aromatic rings. The molecule has 2 aromatic heterocycles. The Balaban J connectivity index is 1.41. The van der Waals surface area contributed by atoms with Gasteiger partial charge in [0.2, 0.25) is 0 Å². The summed E-state index contributed by atoms with van der Waals surface area (Å²) in [4.78, 5) is 34.3. The van der Waals surface area contributed by atoms with Gasteiger partial charge in [-0.3, -0.25) is 4.99 Å². The number of aromatic nitrogens is 3. The molecule has 0 radical (unpaired) electrons. The molecule has 0 aliphatic carbocycles. The number of carboxylic acid groups (broad SMARTS) is 1. The lowest BCUT2D eigenvalue weighted by atomic mass is 10.1. The SMILES string of the molecule is Cn1c(COc2ccc3c(ccc4nc(C5=NC(C(=O)O)CS5)sc43)c2)cnc1[N+](=O)[O-]. The van der Waals surface area contributed by atoms with Crippen molar-refractivity contribution in [1.29, 1.82) is 0 Å². The summed E-state index contributed by atoms with van der Waals surface area (Å²) in [6.45, 7) is 0.150. The summed E-state index contributed by atoms with van der Waals surface area (Å²) in [7, 11) is 1.58. The molecule has 162 valence electrons. The quantitative estimate of drug-likeness (QED) is 0.334. The molecule has 1 atom stereocenters. The zero-order valence-electron chi connectivity index (χ0n) is 16.6. The van der Waals surface area contributed by atoms with E-state index in [9.17, 15) is 14.9 Å². The average molecular weight is 470 g/mol. The molecule has 3 heterocycles. The monoisotopic (exact) mass is 469 g/mol.